The van der Waals surface area contributed by atoms with E-state index in [1.165, 1.54) is 19.3 Å². The molecule has 0 radical (unpaired) electrons. The van der Waals surface area contributed by atoms with Crippen LogP contribution in [0.15, 0.2) is 18.2 Å². The lowest BCUT2D eigenvalue weighted by Crippen LogP contribution is -2.44. The van der Waals surface area contributed by atoms with Crippen LogP contribution in [0, 0.1) is 6.92 Å². The van der Waals surface area contributed by atoms with Crippen LogP contribution in [-0.2, 0) is 14.8 Å². The number of anilines is 1. The summed E-state index contributed by atoms with van der Waals surface area (Å²) >= 11 is 5.95. The summed E-state index contributed by atoms with van der Waals surface area (Å²) in [5.41, 5.74) is 1.20. The van der Waals surface area contributed by atoms with E-state index >= 15 is 0 Å². The average molecular weight is 387 g/mol. The van der Waals surface area contributed by atoms with Gasteiger partial charge in [-0.15, -0.1) is 0 Å². The van der Waals surface area contributed by atoms with Crippen LogP contribution in [0.4, 0.5) is 5.69 Å². The molecular formula is C18H27ClN2O3S. The molecule has 1 N–H and O–H groups in total. The first-order chi connectivity index (χ1) is 11.8. The van der Waals surface area contributed by atoms with Crippen LogP contribution in [0.5, 0.6) is 0 Å². The Balaban J connectivity index is 2.10. The van der Waals surface area contributed by atoms with E-state index in [4.69, 9.17) is 11.6 Å². The maximum atomic E-state index is 12.5. The van der Waals surface area contributed by atoms with Crippen molar-refractivity contribution in [1.82, 2.24) is 5.32 Å². The highest BCUT2D eigenvalue weighted by Gasteiger charge is 2.24. The van der Waals surface area contributed by atoms with Crippen molar-refractivity contribution in [3.05, 3.63) is 28.8 Å². The Morgan fingerprint density at radius 1 is 1.20 bits per heavy atom. The summed E-state index contributed by atoms with van der Waals surface area (Å²) in [7, 11) is -3.57. The maximum absolute atomic E-state index is 12.5. The minimum Gasteiger partial charge on any atom is -0.352 e. The number of nitrogens with one attached hydrogen (secondary N) is 1. The van der Waals surface area contributed by atoms with Gasteiger partial charge in [-0.25, -0.2) is 8.42 Å². The van der Waals surface area contributed by atoms with Gasteiger partial charge in [-0.05, 0) is 43.5 Å². The van der Waals surface area contributed by atoms with Gasteiger partial charge in [-0.1, -0.05) is 43.7 Å². The molecule has 1 fully saturated rings. The predicted octanol–water partition coefficient (Wildman–Crippen LogP) is 3.64. The summed E-state index contributed by atoms with van der Waals surface area (Å²) in [6.07, 6.45) is 8.92. The van der Waals surface area contributed by atoms with Crippen molar-refractivity contribution in [2.75, 3.05) is 17.1 Å². The molecule has 1 aliphatic carbocycles. The Morgan fingerprint density at radius 2 is 1.80 bits per heavy atom. The van der Waals surface area contributed by atoms with E-state index in [-0.39, 0.29) is 18.5 Å². The highest BCUT2D eigenvalue weighted by Crippen LogP contribution is 2.25. The molecule has 1 aromatic rings. The summed E-state index contributed by atoms with van der Waals surface area (Å²) < 4.78 is 25.6. The molecule has 1 amide bonds. The molecule has 0 unspecified atom stereocenters. The van der Waals surface area contributed by atoms with Gasteiger partial charge in [-0.2, -0.15) is 0 Å². The minimum atomic E-state index is -3.57. The molecule has 0 bridgehead atoms. The molecule has 0 atom stereocenters. The molecule has 0 spiro atoms. The number of hydrogen-bond acceptors (Lipinski definition) is 3. The zero-order valence-electron chi connectivity index (χ0n) is 14.9. The molecule has 0 aliphatic heterocycles. The third-order valence-electron chi connectivity index (χ3n) is 4.59. The standard InChI is InChI=1S/C18H27ClN2O3S/c1-14-12-15(19)10-11-17(14)21(25(2,23)24)13-18(22)20-16-8-6-4-3-5-7-9-16/h10-12,16H,3-9,13H2,1-2H3,(H,20,22). The molecule has 0 aromatic heterocycles. The number of carbonyl (C=O) groups excluding carboxylic acids is 1. The Labute approximate surface area is 155 Å². The Bertz CT molecular complexity index is 698. The molecule has 1 aliphatic rings. The smallest absolute Gasteiger partial charge is 0.240 e. The van der Waals surface area contributed by atoms with Gasteiger partial charge in [0.25, 0.3) is 0 Å². The molecule has 2 rings (SSSR count). The largest absolute Gasteiger partial charge is 0.352 e. The van der Waals surface area contributed by atoms with E-state index in [9.17, 15) is 13.2 Å². The van der Waals surface area contributed by atoms with Gasteiger partial charge in [0, 0.05) is 11.1 Å². The first-order valence-corrected chi connectivity index (χ1v) is 11.0. The van der Waals surface area contributed by atoms with E-state index in [0.717, 1.165) is 41.8 Å². The monoisotopic (exact) mass is 386 g/mol. The van der Waals surface area contributed by atoms with E-state index in [1.54, 1.807) is 25.1 Å². The van der Waals surface area contributed by atoms with Crippen molar-refractivity contribution in [1.29, 1.82) is 0 Å². The highest BCUT2D eigenvalue weighted by atomic mass is 35.5. The Kier molecular flexibility index (Phi) is 7.14. The zero-order valence-corrected chi connectivity index (χ0v) is 16.5. The zero-order chi connectivity index (χ0) is 18.4. The van der Waals surface area contributed by atoms with Crippen molar-refractivity contribution < 1.29 is 13.2 Å². The van der Waals surface area contributed by atoms with Gasteiger partial charge in [0.2, 0.25) is 15.9 Å². The van der Waals surface area contributed by atoms with Crippen LogP contribution in [0.25, 0.3) is 0 Å². The fourth-order valence-electron chi connectivity index (χ4n) is 3.28. The Hall–Kier alpha value is -1.27. The van der Waals surface area contributed by atoms with Crippen molar-refractivity contribution in [2.45, 2.75) is 57.9 Å². The van der Waals surface area contributed by atoms with Gasteiger partial charge in [0.05, 0.1) is 11.9 Å². The van der Waals surface area contributed by atoms with Crippen molar-refractivity contribution in [3.63, 3.8) is 0 Å². The number of rotatable bonds is 5. The average Bonchev–Trinajstić information content (AvgIpc) is 2.47. The molecule has 7 heteroatoms. The summed E-state index contributed by atoms with van der Waals surface area (Å²) in [5, 5.41) is 3.55. The normalized spacial score (nSPS) is 16.8. The molecule has 1 saturated carbocycles. The van der Waals surface area contributed by atoms with Crippen molar-refractivity contribution in [2.24, 2.45) is 0 Å². The van der Waals surface area contributed by atoms with Gasteiger partial charge in [0.1, 0.15) is 6.54 Å². The second-order valence-electron chi connectivity index (χ2n) is 6.81. The van der Waals surface area contributed by atoms with Crippen LogP contribution in [-0.4, -0.2) is 33.2 Å². The Morgan fingerprint density at radius 3 is 2.36 bits per heavy atom. The van der Waals surface area contributed by atoms with E-state index < -0.39 is 10.0 Å². The predicted molar refractivity (Wildman–Crippen MR) is 103 cm³/mol. The number of carbonyl (C=O) groups is 1. The van der Waals surface area contributed by atoms with Gasteiger partial charge in [0.15, 0.2) is 0 Å². The maximum Gasteiger partial charge on any atom is 0.240 e. The summed E-state index contributed by atoms with van der Waals surface area (Å²) in [6, 6.07) is 5.11. The number of nitrogens with zero attached hydrogens (tertiary/aromatic N) is 1. The highest BCUT2D eigenvalue weighted by molar-refractivity contribution is 7.92. The van der Waals surface area contributed by atoms with Crippen LogP contribution in [0.1, 0.15) is 50.5 Å². The fourth-order valence-corrected chi connectivity index (χ4v) is 4.42. The fraction of sp³-hybridized carbons (Fsp3) is 0.611. The minimum absolute atomic E-state index is 0.139. The van der Waals surface area contributed by atoms with Crippen LogP contribution >= 0.6 is 11.6 Å². The summed E-state index contributed by atoms with van der Waals surface area (Å²) in [4.78, 5) is 12.5. The number of aryl methyl sites for hydroxylation is 1. The molecule has 25 heavy (non-hydrogen) atoms. The number of hydrogen-bond donors (Lipinski definition) is 1. The van der Waals surface area contributed by atoms with Crippen LogP contribution in [0.2, 0.25) is 5.02 Å². The topological polar surface area (TPSA) is 66.5 Å². The third kappa shape index (κ3) is 6.19. The van der Waals surface area contributed by atoms with Crippen LogP contribution in [0.3, 0.4) is 0 Å². The number of sulfonamides is 1. The van der Waals surface area contributed by atoms with E-state index in [1.807, 2.05) is 0 Å². The second-order valence-corrected chi connectivity index (χ2v) is 9.15. The van der Waals surface area contributed by atoms with Gasteiger partial charge < -0.3 is 5.32 Å². The quantitative estimate of drug-likeness (QED) is 0.839. The first-order valence-electron chi connectivity index (χ1n) is 8.80. The van der Waals surface area contributed by atoms with Gasteiger partial charge in [-0.3, -0.25) is 9.10 Å². The summed E-state index contributed by atoms with van der Waals surface area (Å²) in [6.45, 7) is 1.57. The van der Waals surface area contributed by atoms with E-state index in [2.05, 4.69) is 5.32 Å². The van der Waals surface area contributed by atoms with Crippen molar-refractivity contribution in [3.8, 4) is 0 Å². The third-order valence-corrected chi connectivity index (χ3v) is 5.95. The first kappa shape index (κ1) is 20.0. The lowest BCUT2D eigenvalue weighted by molar-refractivity contribution is -0.120. The SMILES string of the molecule is Cc1cc(Cl)ccc1N(CC(=O)NC1CCCCCCC1)S(C)(=O)=O. The molecule has 1 aromatic carbocycles. The lowest BCUT2D eigenvalue weighted by atomic mass is 9.97. The number of halogens is 1. The second kappa shape index (κ2) is 8.90. The molecule has 0 heterocycles. The van der Waals surface area contributed by atoms with Crippen molar-refractivity contribution >= 4 is 33.2 Å². The summed E-state index contributed by atoms with van der Waals surface area (Å²) in [5.74, 6) is -0.259. The number of benzene rings is 1. The molecule has 0 saturated heterocycles. The van der Waals surface area contributed by atoms with Crippen LogP contribution < -0.4 is 9.62 Å². The van der Waals surface area contributed by atoms with Gasteiger partial charge >= 0.3 is 0 Å². The molecular weight excluding hydrogens is 360 g/mol. The molecule has 5 nitrogen and oxygen atoms in total. The number of amides is 1. The lowest BCUT2D eigenvalue weighted by Gasteiger charge is -2.26. The molecule has 140 valence electrons. The van der Waals surface area contributed by atoms with E-state index in [0.29, 0.717) is 10.7 Å².